The van der Waals surface area contributed by atoms with Crippen LogP contribution in [0.25, 0.3) is 0 Å². The maximum atomic E-state index is 11.9. The third-order valence-corrected chi connectivity index (χ3v) is 3.90. The highest BCUT2D eigenvalue weighted by molar-refractivity contribution is 7.90. The SMILES string of the molecule is O=S(=O)(/N=C/c1ccc(O)c(O)c1)c1cccc(Cl)c1. The number of sulfonamides is 1. The fourth-order valence-electron chi connectivity index (χ4n) is 1.44. The smallest absolute Gasteiger partial charge is 0.282 e. The second-order valence-corrected chi connectivity index (χ2v) is 5.98. The largest absolute Gasteiger partial charge is 0.504 e. The number of phenolic OH excluding ortho intramolecular Hbond substituents is 2. The van der Waals surface area contributed by atoms with Gasteiger partial charge in [0, 0.05) is 11.2 Å². The van der Waals surface area contributed by atoms with E-state index < -0.39 is 10.0 Å². The number of benzene rings is 2. The van der Waals surface area contributed by atoms with Crippen LogP contribution in [0, 0.1) is 0 Å². The van der Waals surface area contributed by atoms with Crippen molar-refractivity contribution in [1.29, 1.82) is 0 Å². The predicted octanol–water partition coefficient (Wildman–Crippen LogP) is 2.56. The minimum absolute atomic E-state index is 0.0238. The van der Waals surface area contributed by atoms with E-state index in [1.165, 1.54) is 36.4 Å². The summed E-state index contributed by atoms with van der Waals surface area (Å²) in [5.41, 5.74) is 0.339. The second-order valence-electron chi connectivity index (χ2n) is 3.92. The summed E-state index contributed by atoms with van der Waals surface area (Å²) in [6, 6.07) is 9.61. The van der Waals surface area contributed by atoms with Crippen LogP contribution in [0.2, 0.25) is 5.02 Å². The molecular weight excluding hydrogens is 302 g/mol. The highest BCUT2D eigenvalue weighted by Crippen LogP contribution is 2.24. The van der Waals surface area contributed by atoms with E-state index in [-0.39, 0.29) is 16.4 Å². The zero-order valence-electron chi connectivity index (χ0n) is 10.1. The fourth-order valence-corrected chi connectivity index (χ4v) is 2.60. The Kier molecular flexibility index (Phi) is 3.96. The Balaban J connectivity index is 2.32. The zero-order chi connectivity index (χ0) is 14.8. The van der Waals surface area contributed by atoms with E-state index in [0.717, 1.165) is 6.21 Å². The molecule has 2 rings (SSSR count). The highest BCUT2D eigenvalue weighted by Gasteiger charge is 2.11. The predicted molar refractivity (Wildman–Crippen MR) is 76.0 cm³/mol. The molecule has 0 unspecified atom stereocenters. The van der Waals surface area contributed by atoms with Gasteiger partial charge in [-0.2, -0.15) is 12.8 Å². The number of hydrogen-bond donors (Lipinski definition) is 2. The molecule has 2 aromatic carbocycles. The van der Waals surface area contributed by atoms with Crippen molar-refractivity contribution in [3.8, 4) is 11.5 Å². The first-order valence-electron chi connectivity index (χ1n) is 5.46. The Morgan fingerprint density at radius 3 is 2.45 bits per heavy atom. The molecule has 0 saturated heterocycles. The van der Waals surface area contributed by atoms with Gasteiger partial charge < -0.3 is 10.2 Å². The molecule has 0 fully saturated rings. The summed E-state index contributed by atoms with van der Waals surface area (Å²) in [7, 11) is -3.86. The number of halogens is 1. The summed E-state index contributed by atoms with van der Waals surface area (Å²) in [4.78, 5) is -0.0238. The van der Waals surface area contributed by atoms with Crippen molar-refractivity contribution in [1.82, 2.24) is 0 Å². The van der Waals surface area contributed by atoms with Crippen LogP contribution in [0.15, 0.2) is 51.8 Å². The lowest BCUT2D eigenvalue weighted by molar-refractivity contribution is 0.403. The average molecular weight is 312 g/mol. The molecule has 20 heavy (non-hydrogen) atoms. The summed E-state index contributed by atoms with van der Waals surface area (Å²) < 4.78 is 27.4. The average Bonchev–Trinajstić information content (AvgIpc) is 2.40. The van der Waals surface area contributed by atoms with Crippen LogP contribution in [0.1, 0.15) is 5.56 Å². The van der Waals surface area contributed by atoms with Gasteiger partial charge in [0.15, 0.2) is 11.5 Å². The van der Waals surface area contributed by atoms with Crippen LogP contribution < -0.4 is 0 Å². The molecule has 7 heteroatoms. The maximum absolute atomic E-state index is 11.9. The van der Waals surface area contributed by atoms with Crippen molar-refractivity contribution in [3.63, 3.8) is 0 Å². The van der Waals surface area contributed by atoms with Gasteiger partial charge in [-0.05, 0) is 42.0 Å². The van der Waals surface area contributed by atoms with Crippen molar-refractivity contribution in [2.45, 2.75) is 4.90 Å². The van der Waals surface area contributed by atoms with E-state index >= 15 is 0 Å². The fraction of sp³-hybridized carbons (Fsp3) is 0. The van der Waals surface area contributed by atoms with Gasteiger partial charge in [0.25, 0.3) is 10.0 Å². The van der Waals surface area contributed by atoms with Gasteiger partial charge in [-0.25, -0.2) is 0 Å². The van der Waals surface area contributed by atoms with Crippen LogP contribution in [-0.4, -0.2) is 24.8 Å². The molecule has 2 aromatic rings. The summed E-state index contributed by atoms with van der Waals surface area (Å²) in [5, 5.41) is 18.8. The molecule has 0 spiro atoms. The lowest BCUT2D eigenvalue weighted by Crippen LogP contribution is -1.97. The van der Waals surface area contributed by atoms with Gasteiger partial charge in [0.2, 0.25) is 0 Å². The van der Waals surface area contributed by atoms with Gasteiger partial charge in [-0.3, -0.25) is 0 Å². The van der Waals surface area contributed by atoms with Crippen LogP contribution >= 0.6 is 11.6 Å². The number of phenols is 2. The molecule has 0 aliphatic rings. The Morgan fingerprint density at radius 2 is 1.80 bits per heavy atom. The first kappa shape index (κ1) is 14.4. The normalized spacial score (nSPS) is 11.8. The van der Waals surface area contributed by atoms with E-state index in [9.17, 15) is 13.5 Å². The van der Waals surface area contributed by atoms with Crippen molar-refractivity contribution in [2.24, 2.45) is 4.40 Å². The quantitative estimate of drug-likeness (QED) is 0.673. The minimum atomic E-state index is -3.86. The van der Waals surface area contributed by atoms with E-state index in [2.05, 4.69) is 4.40 Å². The molecular formula is C13H10ClNO4S. The van der Waals surface area contributed by atoms with Crippen LogP contribution in [0.5, 0.6) is 11.5 Å². The number of aromatic hydroxyl groups is 2. The summed E-state index contributed by atoms with van der Waals surface area (Å²) in [6.07, 6.45) is 1.08. The standard InChI is InChI=1S/C13H10ClNO4S/c14-10-2-1-3-11(7-10)20(18,19)15-8-9-4-5-12(16)13(17)6-9/h1-8,16-17H/b15-8+. The lowest BCUT2D eigenvalue weighted by atomic mass is 10.2. The van der Waals surface area contributed by atoms with Gasteiger partial charge >= 0.3 is 0 Å². The maximum Gasteiger partial charge on any atom is 0.282 e. The number of nitrogens with zero attached hydrogens (tertiary/aromatic N) is 1. The molecule has 0 atom stereocenters. The molecule has 5 nitrogen and oxygen atoms in total. The topological polar surface area (TPSA) is 87.0 Å². The van der Waals surface area contributed by atoms with E-state index in [4.69, 9.17) is 16.7 Å². The molecule has 0 amide bonds. The zero-order valence-corrected chi connectivity index (χ0v) is 11.6. The van der Waals surface area contributed by atoms with Gasteiger partial charge in [-0.1, -0.05) is 17.7 Å². The number of rotatable bonds is 3. The molecule has 0 aliphatic carbocycles. The Labute approximate surface area is 120 Å². The molecule has 2 N–H and O–H groups in total. The van der Waals surface area contributed by atoms with Crippen molar-refractivity contribution < 1.29 is 18.6 Å². The highest BCUT2D eigenvalue weighted by atomic mass is 35.5. The Morgan fingerprint density at radius 1 is 1.05 bits per heavy atom. The van der Waals surface area contributed by atoms with Gasteiger partial charge in [0.05, 0.1) is 4.90 Å². The van der Waals surface area contributed by atoms with Crippen molar-refractivity contribution >= 4 is 27.8 Å². The molecule has 104 valence electrons. The molecule has 0 radical (unpaired) electrons. The van der Waals surface area contributed by atoms with E-state index in [0.29, 0.717) is 10.6 Å². The molecule has 0 heterocycles. The lowest BCUT2D eigenvalue weighted by Gasteiger charge is -2.00. The summed E-state index contributed by atoms with van der Waals surface area (Å²) >= 11 is 5.73. The van der Waals surface area contributed by atoms with Gasteiger partial charge in [0.1, 0.15) is 0 Å². The summed E-state index contributed by atoms with van der Waals surface area (Å²) in [6.45, 7) is 0. The van der Waals surface area contributed by atoms with Crippen LogP contribution in [-0.2, 0) is 10.0 Å². The van der Waals surface area contributed by atoms with Crippen molar-refractivity contribution in [3.05, 3.63) is 53.1 Å². The van der Waals surface area contributed by atoms with E-state index in [1.807, 2.05) is 0 Å². The summed E-state index contributed by atoms with van der Waals surface area (Å²) in [5.74, 6) is -0.644. The third kappa shape index (κ3) is 3.28. The Bertz CT molecular complexity index is 772. The first-order chi connectivity index (χ1) is 9.38. The monoisotopic (exact) mass is 311 g/mol. The molecule has 0 aromatic heterocycles. The van der Waals surface area contributed by atoms with Gasteiger partial charge in [-0.15, -0.1) is 0 Å². The minimum Gasteiger partial charge on any atom is -0.504 e. The van der Waals surface area contributed by atoms with Crippen molar-refractivity contribution in [2.75, 3.05) is 0 Å². The first-order valence-corrected chi connectivity index (χ1v) is 7.28. The number of hydrogen-bond acceptors (Lipinski definition) is 4. The molecule has 0 aliphatic heterocycles. The third-order valence-electron chi connectivity index (χ3n) is 2.43. The van der Waals surface area contributed by atoms with Crippen LogP contribution in [0.4, 0.5) is 0 Å². The molecule has 0 bridgehead atoms. The Hall–Kier alpha value is -2.05. The molecule has 0 saturated carbocycles. The second kappa shape index (κ2) is 5.52. The van der Waals surface area contributed by atoms with E-state index in [1.54, 1.807) is 6.07 Å². The van der Waals surface area contributed by atoms with Crippen LogP contribution in [0.3, 0.4) is 0 Å².